The lowest BCUT2D eigenvalue weighted by atomic mass is 10.0. The third-order valence-corrected chi connectivity index (χ3v) is 3.01. The van der Waals surface area contributed by atoms with Gasteiger partial charge in [0, 0.05) is 11.1 Å². The Morgan fingerprint density at radius 3 is 2.62 bits per heavy atom. The Morgan fingerprint density at radius 1 is 1.31 bits per heavy atom. The van der Waals surface area contributed by atoms with Crippen molar-refractivity contribution in [2.45, 2.75) is 39.7 Å². The maximum absolute atomic E-state index is 6.00. The van der Waals surface area contributed by atoms with Gasteiger partial charge < -0.3 is 5.32 Å². The second kappa shape index (κ2) is 6.93. The zero-order chi connectivity index (χ0) is 12.0. The zero-order valence-corrected chi connectivity index (χ0v) is 11.2. The molecule has 2 heteroatoms. The minimum Gasteiger partial charge on any atom is -0.310 e. The summed E-state index contributed by atoms with van der Waals surface area (Å²) in [4.78, 5) is 0. The molecule has 0 saturated carbocycles. The fraction of sp³-hybridized carbons (Fsp3) is 0.571. The Balaban J connectivity index is 2.53. The highest BCUT2D eigenvalue weighted by molar-refractivity contribution is 6.30. The van der Waals surface area contributed by atoms with Crippen LogP contribution in [-0.2, 0) is 0 Å². The fourth-order valence-electron chi connectivity index (χ4n) is 1.77. The van der Waals surface area contributed by atoms with Crippen LogP contribution in [0.25, 0.3) is 0 Å². The van der Waals surface area contributed by atoms with Gasteiger partial charge in [-0.15, -0.1) is 0 Å². The molecule has 0 heterocycles. The molecule has 0 bridgehead atoms. The fourth-order valence-corrected chi connectivity index (χ4v) is 1.97. The molecule has 0 saturated heterocycles. The highest BCUT2D eigenvalue weighted by Crippen LogP contribution is 2.20. The van der Waals surface area contributed by atoms with Crippen molar-refractivity contribution in [2.75, 3.05) is 6.54 Å². The molecule has 0 aliphatic rings. The molecule has 1 aromatic rings. The summed E-state index contributed by atoms with van der Waals surface area (Å²) in [6, 6.07) is 8.56. The summed E-state index contributed by atoms with van der Waals surface area (Å²) >= 11 is 6.00. The van der Waals surface area contributed by atoms with E-state index in [4.69, 9.17) is 11.6 Å². The smallest absolute Gasteiger partial charge is 0.0409 e. The first-order valence-electron chi connectivity index (χ1n) is 6.12. The quantitative estimate of drug-likeness (QED) is 0.775. The average Bonchev–Trinajstić information content (AvgIpc) is 2.24. The number of halogens is 1. The number of nitrogens with one attached hydrogen (secondary N) is 1. The predicted molar refractivity (Wildman–Crippen MR) is 71.9 cm³/mol. The number of benzene rings is 1. The Hall–Kier alpha value is -0.530. The van der Waals surface area contributed by atoms with Gasteiger partial charge in [0.15, 0.2) is 0 Å². The number of rotatable bonds is 6. The molecule has 0 fully saturated rings. The van der Waals surface area contributed by atoms with E-state index < -0.39 is 0 Å². The molecular weight excluding hydrogens is 218 g/mol. The van der Waals surface area contributed by atoms with Crippen LogP contribution in [0.1, 0.15) is 45.2 Å². The highest BCUT2D eigenvalue weighted by atomic mass is 35.5. The molecule has 16 heavy (non-hydrogen) atoms. The molecule has 0 radical (unpaired) electrons. The van der Waals surface area contributed by atoms with E-state index in [0.29, 0.717) is 6.04 Å². The lowest BCUT2D eigenvalue weighted by Crippen LogP contribution is -2.22. The molecule has 90 valence electrons. The lowest BCUT2D eigenvalue weighted by molar-refractivity contribution is 0.470. The van der Waals surface area contributed by atoms with E-state index in [0.717, 1.165) is 23.9 Å². The van der Waals surface area contributed by atoms with Gasteiger partial charge in [-0.1, -0.05) is 44.5 Å². The van der Waals surface area contributed by atoms with Gasteiger partial charge in [0.05, 0.1) is 0 Å². The van der Waals surface area contributed by atoms with Crippen LogP contribution in [0.2, 0.25) is 5.02 Å². The van der Waals surface area contributed by atoms with E-state index in [1.165, 1.54) is 12.0 Å². The van der Waals surface area contributed by atoms with Crippen LogP contribution in [0.5, 0.6) is 0 Å². The molecule has 0 spiro atoms. The first kappa shape index (κ1) is 13.5. The van der Waals surface area contributed by atoms with Crippen molar-refractivity contribution in [3.8, 4) is 0 Å². The van der Waals surface area contributed by atoms with Crippen LogP contribution in [0.3, 0.4) is 0 Å². The summed E-state index contributed by atoms with van der Waals surface area (Å²) in [5.41, 5.74) is 1.29. The van der Waals surface area contributed by atoms with Crippen molar-refractivity contribution in [2.24, 2.45) is 5.92 Å². The molecule has 1 nitrogen and oxygen atoms in total. The summed E-state index contributed by atoms with van der Waals surface area (Å²) in [6.45, 7) is 7.78. The lowest BCUT2D eigenvalue weighted by Gasteiger charge is -2.18. The van der Waals surface area contributed by atoms with Crippen molar-refractivity contribution >= 4 is 11.6 Å². The molecule has 0 aliphatic carbocycles. The normalized spacial score (nSPS) is 13.1. The zero-order valence-electron chi connectivity index (χ0n) is 10.5. The van der Waals surface area contributed by atoms with Gasteiger partial charge in [-0.3, -0.25) is 0 Å². The van der Waals surface area contributed by atoms with Gasteiger partial charge in [0.1, 0.15) is 0 Å². The third kappa shape index (κ3) is 4.54. The molecule has 0 aromatic heterocycles. The van der Waals surface area contributed by atoms with Crippen LogP contribution >= 0.6 is 11.6 Å². The van der Waals surface area contributed by atoms with Gasteiger partial charge in [0.2, 0.25) is 0 Å². The van der Waals surface area contributed by atoms with Crippen LogP contribution in [0.4, 0.5) is 0 Å². The minimum absolute atomic E-state index is 0.428. The van der Waals surface area contributed by atoms with Crippen molar-refractivity contribution in [1.82, 2.24) is 5.32 Å². The van der Waals surface area contributed by atoms with E-state index in [-0.39, 0.29) is 0 Å². The van der Waals surface area contributed by atoms with Gasteiger partial charge in [-0.25, -0.2) is 0 Å². The molecule has 1 atom stereocenters. The largest absolute Gasteiger partial charge is 0.310 e. The standard InChI is InChI=1S/C14H22ClN/c1-4-14(16-9-8-11(2)3)12-6-5-7-13(15)10-12/h5-7,10-11,14,16H,4,8-9H2,1-3H3. The second-order valence-corrected chi connectivity index (χ2v) is 5.09. The van der Waals surface area contributed by atoms with E-state index in [1.807, 2.05) is 12.1 Å². The Morgan fingerprint density at radius 2 is 2.06 bits per heavy atom. The van der Waals surface area contributed by atoms with E-state index in [9.17, 15) is 0 Å². The molecule has 1 aromatic carbocycles. The van der Waals surface area contributed by atoms with Gasteiger partial charge >= 0.3 is 0 Å². The maximum atomic E-state index is 6.00. The Kier molecular flexibility index (Phi) is 5.86. The van der Waals surface area contributed by atoms with Crippen LogP contribution < -0.4 is 5.32 Å². The van der Waals surface area contributed by atoms with Crippen LogP contribution in [0.15, 0.2) is 24.3 Å². The second-order valence-electron chi connectivity index (χ2n) is 4.65. The molecule has 1 rings (SSSR count). The van der Waals surface area contributed by atoms with E-state index in [2.05, 4.69) is 38.2 Å². The third-order valence-electron chi connectivity index (χ3n) is 2.77. The van der Waals surface area contributed by atoms with Gasteiger partial charge in [0.25, 0.3) is 0 Å². The number of hydrogen-bond acceptors (Lipinski definition) is 1. The van der Waals surface area contributed by atoms with Crippen molar-refractivity contribution in [3.63, 3.8) is 0 Å². The molecule has 0 amide bonds. The summed E-state index contributed by atoms with van der Waals surface area (Å²) in [6.07, 6.45) is 2.31. The van der Waals surface area contributed by atoms with Gasteiger partial charge in [-0.2, -0.15) is 0 Å². The van der Waals surface area contributed by atoms with Crippen molar-refractivity contribution in [3.05, 3.63) is 34.9 Å². The van der Waals surface area contributed by atoms with Crippen molar-refractivity contribution < 1.29 is 0 Å². The number of hydrogen-bond donors (Lipinski definition) is 1. The summed E-state index contributed by atoms with van der Waals surface area (Å²) in [5.74, 6) is 0.754. The topological polar surface area (TPSA) is 12.0 Å². The summed E-state index contributed by atoms with van der Waals surface area (Å²) in [5, 5.41) is 4.41. The van der Waals surface area contributed by atoms with E-state index in [1.54, 1.807) is 0 Å². The maximum Gasteiger partial charge on any atom is 0.0409 e. The van der Waals surface area contributed by atoms with Crippen molar-refractivity contribution in [1.29, 1.82) is 0 Å². The average molecular weight is 240 g/mol. The van der Waals surface area contributed by atoms with Crippen LogP contribution in [0, 0.1) is 5.92 Å². The van der Waals surface area contributed by atoms with Crippen LogP contribution in [-0.4, -0.2) is 6.54 Å². The minimum atomic E-state index is 0.428. The highest BCUT2D eigenvalue weighted by Gasteiger charge is 2.08. The monoisotopic (exact) mass is 239 g/mol. The van der Waals surface area contributed by atoms with Gasteiger partial charge in [-0.05, 0) is 43.0 Å². The summed E-state index contributed by atoms with van der Waals surface area (Å²) < 4.78 is 0. The molecule has 0 aliphatic heterocycles. The molecule has 1 unspecified atom stereocenters. The first-order chi connectivity index (χ1) is 7.63. The first-order valence-corrected chi connectivity index (χ1v) is 6.50. The molecule has 1 N–H and O–H groups in total. The summed E-state index contributed by atoms with van der Waals surface area (Å²) in [7, 11) is 0. The predicted octanol–water partition coefficient (Wildman–Crippen LogP) is 4.43. The SMILES string of the molecule is CCC(NCCC(C)C)c1cccc(Cl)c1. The van der Waals surface area contributed by atoms with E-state index >= 15 is 0 Å². The Bertz CT molecular complexity index is 309. The Labute approximate surface area is 104 Å². The molecular formula is C14H22ClN.